The van der Waals surface area contributed by atoms with E-state index in [1.807, 2.05) is 13.1 Å². The number of aromatic nitrogens is 4. The summed E-state index contributed by atoms with van der Waals surface area (Å²) in [5.41, 5.74) is 1.98. The summed E-state index contributed by atoms with van der Waals surface area (Å²) >= 11 is 11.3. The van der Waals surface area contributed by atoms with Crippen molar-refractivity contribution in [3.63, 3.8) is 0 Å². The van der Waals surface area contributed by atoms with Crippen molar-refractivity contribution in [1.29, 1.82) is 0 Å². The van der Waals surface area contributed by atoms with Gasteiger partial charge in [-0.25, -0.2) is 9.50 Å². The molecule has 0 aliphatic carbocycles. The smallest absolute Gasteiger partial charge is 0.216 e. The zero-order valence-corrected chi connectivity index (χ0v) is 9.05. The Balaban J connectivity index is 2.58. The molecule has 14 heavy (non-hydrogen) atoms. The third-order valence-corrected chi connectivity index (χ3v) is 2.31. The van der Waals surface area contributed by atoms with Gasteiger partial charge in [0.25, 0.3) is 5.78 Å². The summed E-state index contributed by atoms with van der Waals surface area (Å²) in [5, 5.41) is 4.17. The van der Waals surface area contributed by atoms with Crippen LogP contribution in [0.25, 0.3) is 5.78 Å². The second-order valence-electron chi connectivity index (χ2n) is 2.92. The molecule has 0 fully saturated rings. The molecule has 0 saturated carbocycles. The van der Waals surface area contributed by atoms with Crippen LogP contribution in [-0.4, -0.2) is 25.5 Å². The number of aryl methyl sites for hydroxylation is 2. The quantitative estimate of drug-likeness (QED) is 0.741. The molecule has 0 N–H and O–H groups in total. The van der Waals surface area contributed by atoms with Gasteiger partial charge in [-0.2, -0.15) is 4.98 Å². The molecule has 0 spiro atoms. The summed E-state index contributed by atoms with van der Waals surface area (Å²) < 4.78 is 1.57. The Morgan fingerprint density at radius 3 is 2.93 bits per heavy atom. The van der Waals surface area contributed by atoms with E-state index in [0.717, 1.165) is 17.7 Å². The second-order valence-corrected chi connectivity index (χ2v) is 3.63. The van der Waals surface area contributed by atoms with Crippen molar-refractivity contribution in [2.75, 3.05) is 5.88 Å². The van der Waals surface area contributed by atoms with Crippen molar-refractivity contribution in [3.05, 3.63) is 22.7 Å². The summed E-state index contributed by atoms with van der Waals surface area (Å²) in [6.07, 6.45) is 2.63. The molecular weight excluding hydrogens is 223 g/mol. The number of hydrogen-bond donors (Lipinski definition) is 0. The van der Waals surface area contributed by atoms with E-state index in [9.17, 15) is 0 Å². The molecule has 2 rings (SSSR count). The lowest BCUT2D eigenvalue weighted by Crippen LogP contribution is -2.00. The minimum absolute atomic E-state index is 0.208. The van der Waals surface area contributed by atoms with Crippen LogP contribution < -0.4 is 0 Å². The highest BCUT2D eigenvalue weighted by atomic mass is 35.5. The molecule has 74 valence electrons. The Hall–Kier alpha value is -0.870. The maximum atomic E-state index is 5.67. The molecule has 0 atom stereocenters. The van der Waals surface area contributed by atoms with Crippen molar-refractivity contribution < 1.29 is 0 Å². The first kappa shape index (κ1) is 9.68. The SMILES string of the molecule is Cc1nc2nc(Cl)nn2cc1CCCl. The molecule has 0 bridgehead atoms. The molecule has 0 aromatic carbocycles. The molecular formula is C8H8Cl2N4. The Labute approximate surface area is 90.9 Å². The van der Waals surface area contributed by atoms with E-state index in [0.29, 0.717) is 11.7 Å². The van der Waals surface area contributed by atoms with Crippen LogP contribution in [0.2, 0.25) is 5.28 Å². The lowest BCUT2D eigenvalue weighted by atomic mass is 10.2. The summed E-state index contributed by atoms with van der Waals surface area (Å²) in [4.78, 5) is 8.21. The predicted molar refractivity (Wildman–Crippen MR) is 55.0 cm³/mol. The van der Waals surface area contributed by atoms with Gasteiger partial charge < -0.3 is 0 Å². The van der Waals surface area contributed by atoms with Crippen molar-refractivity contribution in [1.82, 2.24) is 19.6 Å². The van der Waals surface area contributed by atoms with Gasteiger partial charge >= 0.3 is 0 Å². The molecule has 2 aromatic rings. The van der Waals surface area contributed by atoms with Gasteiger partial charge in [-0.15, -0.1) is 16.7 Å². The number of halogens is 2. The van der Waals surface area contributed by atoms with Crippen LogP contribution in [0.5, 0.6) is 0 Å². The van der Waals surface area contributed by atoms with E-state index in [2.05, 4.69) is 15.1 Å². The molecule has 2 heterocycles. The molecule has 0 saturated heterocycles. The van der Waals surface area contributed by atoms with E-state index >= 15 is 0 Å². The van der Waals surface area contributed by atoms with E-state index in [4.69, 9.17) is 23.2 Å². The van der Waals surface area contributed by atoms with Gasteiger partial charge in [0.15, 0.2) is 0 Å². The average Bonchev–Trinajstić information content (AvgIpc) is 2.45. The number of rotatable bonds is 2. The Kier molecular flexibility index (Phi) is 2.56. The van der Waals surface area contributed by atoms with Gasteiger partial charge in [0, 0.05) is 17.8 Å². The number of fused-ring (bicyclic) bond motifs is 1. The fourth-order valence-corrected chi connectivity index (χ4v) is 1.62. The van der Waals surface area contributed by atoms with Crippen LogP contribution in [0, 0.1) is 6.92 Å². The zero-order chi connectivity index (χ0) is 10.1. The Morgan fingerprint density at radius 1 is 1.43 bits per heavy atom. The van der Waals surface area contributed by atoms with Gasteiger partial charge in [-0.05, 0) is 30.5 Å². The number of alkyl halides is 1. The highest BCUT2D eigenvalue weighted by Crippen LogP contribution is 2.10. The van der Waals surface area contributed by atoms with Gasteiger partial charge in [0.1, 0.15) is 0 Å². The maximum Gasteiger partial charge on any atom is 0.253 e. The second kappa shape index (κ2) is 3.71. The molecule has 6 heteroatoms. The normalized spacial score (nSPS) is 11.1. The maximum absolute atomic E-state index is 5.67. The molecule has 0 unspecified atom stereocenters. The molecule has 2 aromatic heterocycles. The first-order chi connectivity index (χ1) is 6.70. The van der Waals surface area contributed by atoms with Crippen molar-refractivity contribution in [2.45, 2.75) is 13.3 Å². The van der Waals surface area contributed by atoms with E-state index in [-0.39, 0.29) is 5.28 Å². The first-order valence-corrected chi connectivity index (χ1v) is 5.06. The van der Waals surface area contributed by atoms with Crippen LogP contribution in [-0.2, 0) is 6.42 Å². The number of nitrogens with zero attached hydrogens (tertiary/aromatic N) is 4. The number of hydrogen-bond acceptors (Lipinski definition) is 3. The molecule has 4 nitrogen and oxygen atoms in total. The average molecular weight is 231 g/mol. The highest BCUT2D eigenvalue weighted by molar-refractivity contribution is 6.28. The lowest BCUT2D eigenvalue weighted by Gasteiger charge is -2.01. The van der Waals surface area contributed by atoms with Crippen LogP contribution in [0.15, 0.2) is 6.20 Å². The monoisotopic (exact) mass is 230 g/mol. The van der Waals surface area contributed by atoms with Crippen molar-refractivity contribution in [2.24, 2.45) is 0 Å². The Bertz CT molecular complexity index is 466. The lowest BCUT2D eigenvalue weighted by molar-refractivity contribution is 0.895. The van der Waals surface area contributed by atoms with Gasteiger partial charge in [-0.1, -0.05) is 0 Å². The third-order valence-electron chi connectivity index (χ3n) is 1.96. The van der Waals surface area contributed by atoms with E-state index in [1.165, 1.54) is 0 Å². The summed E-state index contributed by atoms with van der Waals surface area (Å²) in [6.45, 7) is 1.92. The largest absolute Gasteiger partial charge is 0.253 e. The van der Waals surface area contributed by atoms with Crippen LogP contribution >= 0.6 is 23.2 Å². The van der Waals surface area contributed by atoms with Gasteiger partial charge in [-0.3, -0.25) is 0 Å². The zero-order valence-electron chi connectivity index (χ0n) is 7.54. The summed E-state index contributed by atoms with van der Waals surface area (Å²) in [7, 11) is 0. The minimum Gasteiger partial charge on any atom is -0.216 e. The fraction of sp³-hybridized carbons (Fsp3) is 0.375. The predicted octanol–water partition coefficient (Wildman–Crippen LogP) is 1.87. The minimum atomic E-state index is 0.208. The van der Waals surface area contributed by atoms with Crippen LogP contribution in [0.3, 0.4) is 0 Å². The molecule has 0 radical (unpaired) electrons. The summed E-state index contributed by atoms with van der Waals surface area (Å²) in [6, 6.07) is 0. The summed E-state index contributed by atoms with van der Waals surface area (Å²) in [5.74, 6) is 1.09. The van der Waals surface area contributed by atoms with Crippen LogP contribution in [0.4, 0.5) is 0 Å². The van der Waals surface area contributed by atoms with E-state index in [1.54, 1.807) is 4.52 Å². The highest BCUT2D eigenvalue weighted by Gasteiger charge is 2.06. The van der Waals surface area contributed by atoms with Crippen molar-refractivity contribution >= 4 is 29.0 Å². The fourth-order valence-electron chi connectivity index (χ4n) is 1.26. The molecule has 0 aliphatic heterocycles. The van der Waals surface area contributed by atoms with Gasteiger partial charge in [0.05, 0.1) is 0 Å². The third kappa shape index (κ3) is 1.67. The van der Waals surface area contributed by atoms with Gasteiger partial charge in [0.2, 0.25) is 5.28 Å². The van der Waals surface area contributed by atoms with E-state index < -0.39 is 0 Å². The van der Waals surface area contributed by atoms with Crippen molar-refractivity contribution in [3.8, 4) is 0 Å². The van der Waals surface area contributed by atoms with Crippen LogP contribution in [0.1, 0.15) is 11.3 Å². The molecule has 0 amide bonds. The molecule has 0 aliphatic rings. The standard InChI is InChI=1S/C8H8Cl2N4/c1-5-6(2-3-9)4-14-8(11-5)12-7(10)13-14/h4H,2-3H2,1H3. The topological polar surface area (TPSA) is 43.1 Å². The Morgan fingerprint density at radius 2 is 2.21 bits per heavy atom. The first-order valence-electron chi connectivity index (χ1n) is 4.15.